The van der Waals surface area contributed by atoms with E-state index in [1.54, 1.807) is 42.1 Å². The lowest BCUT2D eigenvalue weighted by Gasteiger charge is -2.25. The molecule has 1 atom stereocenters. The average molecular weight is 329 g/mol. The van der Waals surface area contributed by atoms with Gasteiger partial charge in [0.2, 0.25) is 5.91 Å². The first-order valence-electron chi connectivity index (χ1n) is 7.86. The van der Waals surface area contributed by atoms with Crippen molar-refractivity contribution >= 4 is 11.7 Å². The minimum Gasteiger partial charge on any atom is -0.341 e. The molecule has 0 saturated heterocycles. The predicted molar refractivity (Wildman–Crippen MR) is 89.7 cm³/mol. The van der Waals surface area contributed by atoms with Crippen LogP contribution in [0.3, 0.4) is 0 Å². The van der Waals surface area contributed by atoms with Crippen molar-refractivity contribution in [2.75, 3.05) is 7.05 Å². The summed E-state index contributed by atoms with van der Waals surface area (Å²) in [4.78, 5) is 34.2. The van der Waals surface area contributed by atoms with E-state index in [-0.39, 0.29) is 24.3 Å². The van der Waals surface area contributed by atoms with Crippen LogP contribution in [0.25, 0.3) is 0 Å². The van der Waals surface area contributed by atoms with Crippen molar-refractivity contribution in [2.45, 2.75) is 46.7 Å². The molecule has 2 aromatic rings. The lowest BCUT2D eigenvalue weighted by Crippen LogP contribution is -2.39. The second-order valence-electron chi connectivity index (χ2n) is 6.01. The number of amides is 1. The molecule has 0 saturated carbocycles. The number of aromatic nitrogens is 4. The van der Waals surface area contributed by atoms with Crippen LogP contribution in [-0.4, -0.2) is 49.4 Å². The smallest absolute Gasteiger partial charge is 0.244 e. The van der Waals surface area contributed by atoms with Crippen LogP contribution in [0.15, 0.2) is 18.6 Å². The Bertz CT molecular complexity index is 739. The molecular weight excluding hydrogens is 306 g/mol. The molecule has 1 amide bonds. The number of carbonyl (C=O) groups is 2. The monoisotopic (exact) mass is 329 g/mol. The van der Waals surface area contributed by atoms with Crippen LogP contribution < -0.4 is 0 Å². The Morgan fingerprint density at radius 2 is 2.00 bits per heavy atom. The Balaban J connectivity index is 2.06. The summed E-state index contributed by atoms with van der Waals surface area (Å²) in [5.74, 6) is -0.0971. The quantitative estimate of drug-likeness (QED) is 0.752. The largest absolute Gasteiger partial charge is 0.341 e. The van der Waals surface area contributed by atoms with E-state index in [2.05, 4.69) is 15.1 Å². The van der Waals surface area contributed by atoms with Crippen molar-refractivity contribution in [3.8, 4) is 0 Å². The van der Waals surface area contributed by atoms with E-state index in [1.807, 2.05) is 13.8 Å². The molecule has 0 aliphatic heterocycles. The Hall–Kier alpha value is -2.57. The van der Waals surface area contributed by atoms with E-state index in [0.717, 1.165) is 11.4 Å². The number of likely N-dealkylation sites (N-methyl/N-ethyl adjacent to an activating group) is 1. The number of rotatable bonds is 6. The van der Waals surface area contributed by atoms with Crippen molar-refractivity contribution in [3.63, 3.8) is 0 Å². The normalized spacial score (nSPS) is 12.0. The molecule has 1 unspecified atom stereocenters. The van der Waals surface area contributed by atoms with Gasteiger partial charge in [-0.2, -0.15) is 5.10 Å². The first kappa shape index (κ1) is 17.8. The Labute approximate surface area is 141 Å². The summed E-state index contributed by atoms with van der Waals surface area (Å²) in [6.45, 7) is 7.19. The fourth-order valence-electron chi connectivity index (χ4n) is 2.72. The van der Waals surface area contributed by atoms with Gasteiger partial charge in [-0.3, -0.25) is 24.2 Å². The lowest BCUT2D eigenvalue weighted by molar-refractivity contribution is -0.132. The summed E-state index contributed by atoms with van der Waals surface area (Å²) in [6.07, 6.45) is 5.60. The Morgan fingerprint density at radius 3 is 2.54 bits per heavy atom. The average Bonchev–Trinajstić information content (AvgIpc) is 2.81. The van der Waals surface area contributed by atoms with Crippen LogP contribution in [-0.2, 0) is 17.8 Å². The van der Waals surface area contributed by atoms with Gasteiger partial charge in [0.15, 0.2) is 5.78 Å². The molecule has 2 aromatic heterocycles. The highest BCUT2D eigenvalue weighted by Gasteiger charge is 2.21. The number of nitrogens with zero attached hydrogens (tertiary/aromatic N) is 5. The number of carbonyl (C=O) groups excluding carboxylic acids is 2. The fourth-order valence-corrected chi connectivity index (χ4v) is 2.72. The van der Waals surface area contributed by atoms with E-state index in [4.69, 9.17) is 0 Å². The molecule has 7 nitrogen and oxygen atoms in total. The van der Waals surface area contributed by atoms with Gasteiger partial charge in [-0.25, -0.2) is 0 Å². The molecule has 0 aliphatic carbocycles. The topological polar surface area (TPSA) is 81.0 Å². The van der Waals surface area contributed by atoms with E-state index in [0.29, 0.717) is 17.7 Å². The first-order chi connectivity index (χ1) is 11.3. The SMILES string of the molecule is CC(=O)c1c(C)nn(CC(=O)N(C)C(C)Cc2cnccn2)c1C. The van der Waals surface area contributed by atoms with E-state index in [9.17, 15) is 9.59 Å². The number of hydrogen-bond acceptors (Lipinski definition) is 5. The van der Waals surface area contributed by atoms with Crippen molar-refractivity contribution in [3.05, 3.63) is 41.2 Å². The maximum absolute atomic E-state index is 12.5. The van der Waals surface area contributed by atoms with Crippen LogP contribution in [0.5, 0.6) is 0 Å². The highest BCUT2D eigenvalue weighted by atomic mass is 16.2. The van der Waals surface area contributed by atoms with Crippen LogP contribution >= 0.6 is 0 Å². The van der Waals surface area contributed by atoms with Gasteiger partial charge in [0, 0.05) is 43.8 Å². The van der Waals surface area contributed by atoms with Crippen molar-refractivity contribution < 1.29 is 9.59 Å². The Kier molecular flexibility index (Phi) is 5.43. The molecule has 0 fully saturated rings. The lowest BCUT2D eigenvalue weighted by atomic mass is 10.1. The summed E-state index contributed by atoms with van der Waals surface area (Å²) in [5, 5.41) is 4.32. The van der Waals surface area contributed by atoms with E-state index in [1.165, 1.54) is 6.92 Å². The molecule has 0 bridgehead atoms. The van der Waals surface area contributed by atoms with Gasteiger partial charge < -0.3 is 4.90 Å². The number of Topliss-reactive ketones (excluding diaryl/α,β-unsaturated/α-hetero) is 1. The zero-order valence-electron chi connectivity index (χ0n) is 14.8. The van der Waals surface area contributed by atoms with Crippen LogP contribution in [0.1, 0.15) is 41.3 Å². The molecule has 24 heavy (non-hydrogen) atoms. The predicted octanol–water partition coefficient (Wildman–Crippen LogP) is 1.58. The fraction of sp³-hybridized carbons (Fsp3) is 0.471. The summed E-state index contributed by atoms with van der Waals surface area (Å²) >= 11 is 0. The van der Waals surface area contributed by atoms with Gasteiger partial charge >= 0.3 is 0 Å². The van der Waals surface area contributed by atoms with Gasteiger partial charge in [-0.05, 0) is 27.7 Å². The van der Waals surface area contributed by atoms with Gasteiger partial charge in [0.05, 0.1) is 17.0 Å². The summed E-state index contributed by atoms with van der Waals surface area (Å²) in [5.41, 5.74) is 2.82. The third-order valence-electron chi connectivity index (χ3n) is 4.19. The maximum Gasteiger partial charge on any atom is 0.244 e. The van der Waals surface area contributed by atoms with E-state index >= 15 is 0 Å². The number of ketones is 1. The molecular formula is C17H23N5O2. The number of hydrogen-bond donors (Lipinski definition) is 0. The van der Waals surface area contributed by atoms with Crippen LogP contribution in [0.4, 0.5) is 0 Å². The van der Waals surface area contributed by atoms with Gasteiger partial charge in [-0.15, -0.1) is 0 Å². The molecule has 0 spiro atoms. The van der Waals surface area contributed by atoms with Crippen LogP contribution in [0, 0.1) is 13.8 Å². The van der Waals surface area contributed by atoms with E-state index < -0.39 is 0 Å². The minimum absolute atomic E-state index is 0.0153. The zero-order valence-corrected chi connectivity index (χ0v) is 14.8. The summed E-state index contributed by atoms with van der Waals surface area (Å²) in [6, 6.07) is -0.0153. The molecule has 2 rings (SSSR count). The highest BCUT2D eigenvalue weighted by Crippen LogP contribution is 2.14. The third kappa shape index (κ3) is 3.84. The molecule has 0 aliphatic rings. The summed E-state index contributed by atoms with van der Waals surface area (Å²) in [7, 11) is 1.76. The third-order valence-corrected chi connectivity index (χ3v) is 4.19. The maximum atomic E-state index is 12.5. The first-order valence-corrected chi connectivity index (χ1v) is 7.86. The highest BCUT2D eigenvalue weighted by molar-refractivity contribution is 5.96. The minimum atomic E-state index is -0.0629. The standard InChI is InChI=1S/C17H23N5O2/c1-11(8-15-9-18-6-7-19-15)21(5)16(24)10-22-13(3)17(14(4)23)12(2)20-22/h6-7,9,11H,8,10H2,1-5H3. The molecule has 2 heterocycles. The molecule has 0 N–H and O–H groups in total. The molecule has 0 radical (unpaired) electrons. The van der Waals surface area contributed by atoms with Crippen molar-refractivity contribution in [1.29, 1.82) is 0 Å². The molecule has 0 aromatic carbocycles. The van der Waals surface area contributed by atoms with Gasteiger partial charge in [-0.1, -0.05) is 0 Å². The van der Waals surface area contributed by atoms with Crippen molar-refractivity contribution in [2.24, 2.45) is 0 Å². The Morgan fingerprint density at radius 1 is 1.29 bits per heavy atom. The zero-order chi connectivity index (χ0) is 17.9. The van der Waals surface area contributed by atoms with Gasteiger partial charge in [0.1, 0.15) is 6.54 Å². The second kappa shape index (κ2) is 7.33. The van der Waals surface area contributed by atoms with Crippen LogP contribution in [0.2, 0.25) is 0 Å². The second-order valence-corrected chi connectivity index (χ2v) is 6.01. The summed E-state index contributed by atoms with van der Waals surface area (Å²) < 4.78 is 1.60. The van der Waals surface area contributed by atoms with Crippen molar-refractivity contribution in [1.82, 2.24) is 24.6 Å². The van der Waals surface area contributed by atoms with Gasteiger partial charge in [0.25, 0.3) is 0 Å². The molecule has 7 heteroatoms. The molecule has 128 valence electrons. The number of aryl methyl sites for hydroxylation is 1.